The van der Waals surface area contributed by atoms with Crippen LogP contribution >= 0.6 is 0 Å². The molecule has 0 radical (unpaired) electrons. The van der Waals surface area contributed by atoms with Crippen molar-refractivity contribution in [3.8, 4) is 0 Å². The van der Waals surface area contributed by atoms with Gasteiger partial charge in [0, 0.05) is 13.1 Å². The summed E-state index contributed by atoms with van der Waals surface area (Å²) in [6.45, 7) is 11.3. The maximum absolute atomic E-state index is 3.44. The van der Waals surface area contributed by atoms with Gasteiger partial charge >= 0.3 is 0 Å². The van der Waals surface area contributed by atoms with Gasteiger partial charge in [-0.3, -0.25) is 0 Å². The molecular formula is C12H24N2. The first-order chi connectivity index (χ1) is 6.66. The zero-order valence-corrected chi connectivity index (χ0v) is 9.68. The summed E-state index contributed by atoms with van der Waals surface area (Å²) in [5.74, 6) is 0.963. The first kappa shape index (κ1) is 10.4. The van der Waals surface area contributed by atoms with Crippen molar-refractivity contribution < 1.29 is 0 Å². The van der Waals surface area contributed by atoms with Gasteiger partial charge in [0.15, 0.2) is 0 Å². The summed E-state index contributed by atoms with van der Waals surface area (Å²) in [5.41, 5.74) is 0.576. The molecule has 2 saturated heterocycles. The lowest BCUT2D eigenvalue weighted by Gasteiger charge is -2.28. The molecule has 2 rings (SSSR count). The van der Waals surface area contributed by atoms with Gasteiger partial charge in [-0.05, 0) is 50.2 Å². The summed E-state index contributed by atoms with van der Waals surface area (Å²) in [4.78, 5) is 2.68. The quantitative estimate of drug-likeness (QED) is 0.723. The predicted octanol–water partition coefficient (Wildman–Crippen LogP) is 1.72. The third-order valence-electron chi connectivity index (χ3n) is 3.73. The van der Waals surface area contributed by atoms with Crippen molar-refractivity contribution in [2.75, 3.05) is 32.7 Å². The monoisotopic (exact) mass is 196 g/mol. The first-order valence-electron chi connectivity index (χ1n) is 6.09. The molecule has 0 atom stereocenters. The summed E-state index contributed by atoms with van der Waals surface area (Å²) in [7, 11) is 0. The van der Waals surface area contributed by atoms with Gasteiger partial charge in [0.05, 0.1) is 0 Å². The van der Waals surface area contributed by atoms with E-state index in [1.807, 2.05) is 0 Å². The Morgan fingerprint density at radius 1 is 1.29 bits per heavy atom. The first-order valence-corrected chi connectivity index (χ1v) is 6.09. The molecule has 2 heterocycles. The van der Waals surface area contributed by atoms with Gasteiger partial charge in [0.1, 0.15) is 0 Å². The lowest BCUT2D eigenvalue weighted by atomic mass is 9.93. The summed E-state index contributed by atoms with van der Waals surface area (Å²) in [6.07, 6.45) is 4.16. The van der Waals surface area contributed by atoms with Gasteiger partial charge in [0.2, 0.25) is 0 Å². The fraction of sp³-hybridized carbons (Fsp3) is 1.00. The number of hydrogen-bond acceptors (Lipinski definition) is 2. The molecule has 2 fully saturated rings. The summed E-state index contributed by atoms with van der Waals surface area (Å²) < 4.78 is 0. The Hall–Kier alpha value is -0.0800. The van der Waals surface area contributed by atoms with Gasteiger partial charge in [-0.15, -0.1) is 0 Å². The molecule has 0 amide bonds. The molecule has 1 N–H and O–H groups in total. The van der Waals surface area contributed by atoms with Crippen molar-refractivity contribution >= 4 is 0 Å². The molecule has 2 aliphatic rings. The van der Waals surface area contributed by atoms with Crippen LogP contribution in [0.2, 0.25) is 0 Å². The van der Waals surface area contributed by atoms with Gasteiger partial charge in [0.25, 0.3) is 0 Å². The van der Waals surface area contributed by atoms with Crippen molar-refractivity contribution in [1.82, 2.24) is 10.2 Å². The smallest absolute Gasteiger partial charge is 0.00333 e. The van der Waals surface area contributed by atoms with Gasteiger partial charge in [-0.1, -0.05) is 13.8 Å². The number of hydrogen-bond donors (Lipinski definition) is 1. The maximum Gasteiger partial charge on any atom is 0.00333 e. The van der Waals surface area contributed by atoms with Gasteiger partial charge in [-0.2, -0.15) is 0 Å². The third-order valence-corrected chi connectivity index (χ3v) is 3.73. The summed E-state index contributed by atoms with van der Waals surface area (Å²) >= 11 is 0. The molecule has 2 aliphatic heterocycles. The third kappa shape index (κ3) is 2.71. The van der Waals surface area contributed by atoms with Gasteiger partial charge < -0.3 is 10.2 Å². The largest absolute Gasteiger partial charge is 0.317 e. The van der Waals surface area contributed by atoms with Crippen LogP contribution in [-0.4, -0.2) is 37.6 Å². The molecule has 14 heavy (non-hydrogen) atoms. The van der Waals surface area contributed by atoms with E-state index >= 15 is 0 Å². The normalized spacial score (nSPS) is 29.6. The van der Waals surface area contributed by atoms with E-state index in [2.05, 4.69) is 24.1 Å². The minimum absolute atomic E-state index is 0.576. The van der Waals surface area contributed by atoms with E-state index in [9.17, 15) is 0 Å². The second kappa shape index (κ2) is 4.19. The number of nitrogens with zero attached hydrogens (tertiary/aromatic N) is 1. The van der Waals surface area contributed by atoms with E-state index < -0.39 is 0 Å². The van der Waals surface area contributed by atoms with Crippen molar-refractivity contribution in [3.05, 3.63) is 0 Å². The van der Waals surface area contributed by atoms with E-state index in [0.29, 0.717) is 5.41 Å². The van der Waals surface area contributed by atoms with Crippen LogP contribution in [0, 0.1) is 11.3 Å². The second-order valence-electron chi connectivity index (χ2n) is 5.84. The van der Waals surface area contributed by atoms with Crippen LogP contribution in [0.25, 0.3) is 0 Å². The van der Waals surface area contributed by atoms with Crippen LogP contribution in [0.5, 0.6) is 0 Å². The van der Waals surface area contributed by atoms with Crippen LogP contribution in [0.4, 0.5) is 0 Å². The molecule has 0 aliphatic carbocycles. The Kier molecular flexibility index (Phi) is 3.13. The molecule has 2 heteroatoms. The van der Waals surface area contributed by atoms with Crippen LogP contribution in [0.3, 0.4) is 0 Å². The lowest BCUT2D eigenvalue weighted by Crippen LogP contribution is -2.35. The Morgan fingerprint density at radius 2 is 2.00 bits per heavy atom. The Balaban J connectivity index is 1.75. The highest BCUT2D eigenvalue weighted by molar-refractivity contribution is 4.84. The molecule has 2 nitrogen and oxygen atoms in total. The van der Waals surface area contributed by atoms with E-state index in [-0.39, 0.29) is 0 Å². The fourth-order valence-electron chi connectivity index (χ4n) is 2.81. The predicted molar refractivity (Wildman–Crippen MR) is 60.4 cm³/mol. The van der Waals surface area contributed by atoms with Crippen molar-refractivity contribution in [1.29, 1.82) is 0 Å². The average molecular weight is 196 g/mol. The number of nitrogens with one attached hydrogen (secondary N) is 1. The zero-order chi connectivity index (χ0) is 10.0. The van der Waals surface area contributed by atoms with Crippen LogP contribution in [-0.2, 0) is 0 Å². The number of likely N-dealkylation sites (tertiary alicyclic amines) is 1. The summed E-state index contributed by atoms with van der Waals surface area (Å²) in [5, 5.41) is 3.44. The topological polar surface area (TPSA) is 15.3 Å². The van der Waals surface area contributed by atoms with Crippen LogP contribution in [0.15, 0.2) is 0 Å². The average Bonchev–Trinajstić information content (AvgIpc) is 2.47. The Labute approximate surface area is 88.1 Å². The van der Waals surface area contributed by atoms with E-state index in [1.165, 1.54) is 52.0 Å². The Bertz CT molecular complexity index is 183. The maximum atomic E-state index is 3.44. The van der Waals surface area contributed by atoms with E-state index in [1.54, 1.807) is 0 Å². The van der Waals surface area contributed by atoms with Crippen molar-refractivity contribution in [2.24, 2.45) is 11.3 Å². The van der Waals surface area contributed by atoms with Crippen molar-refractivity contribution in [3.63, 3.8) is 0 Å². The molecule has 0 bridgehead atoms. The SMILES string of the molecule is CC1(C)CCN(CC2CCNCC2)C1. The summed E-state index contributed by atoms with van der Waals surface area (Å²) in [6, 6.07) is 0. The zero-order valence-electron chi connectivity index (χ0n) is 9.68. The fourth-order valence-corrected chi connectivity index (χ4v) is 2.81. The highest BCUT2D eigenvalue weighted by atomic mass is 15.2. The molecule has 0 unspecified atom stereocenters. The minimum atomic E-state index is 0.576. The highest BCUT2D eigenvalue weighted by Gasteiger charge is 2.30. The van der Waals surface area contributed by atoms with Crippen LogP contribution < -0.4 is 5.32 Å². The number of piperidine rings is 1. The standard InChI is InChI=1S/C12H24N2/c1-12(2)5-8-14(10-12)9-11-3-6-13-7-4-11/h11,13H,3-10H2,1-2H3. The lowest BCUT2D eigenvalue weighted by molar-refractivity contribution is 0.222. The van der Waals surface area contributed by atoms with Gasteiger partial charge in [-0.25, -0.2) is 0 Å². The molecular weight excluding hydrogens is 172 g/mol. The molecule has 0 saturated carbocycles. The molecule has 0 aromatic carbocycles. The van der Waals surface area contributed by atoms with E-state index in [0.717, 1.165) is 5.92 Å². The Morgan fingerprint density at radius 3 is 2.57 bits per heavy atom. The molecule has 82 valence electrons. The van der Waals surface area contributed by atoms with E-state index in [4.69, 9.17) is 0 Å². The molecule has 0 spiro atoms. The number of rotatable bonds is 2. The molecule has 0 aromatic rings. The van der Waals surface area contributed by atoms with Crippen molar-refractivity contribution in [2.45, 2.75) is 33.1 Å². The van der Waals surface area contributed by atoms with Crippen LogP contribution in [0.1, 0.15) is 33.1 Å². The molecule has 0 aromatic heterocycles. The highest BCUT2D eigenvalue weighted by Crippen LogP contribution is 2.29. The minimum Gasteiger partial charge on any atom is -0.317 e. The second-order valence-corrected chi connectivity index (χ2v) is 5.84.